The van der Waals surface area contributed by atoms with E-state index in [0.717, 1.165) is 55.1 Å². The van der Waals surface area contributed by atoms with E-state index in [-0.39, 0.29) is 12.1 Å². The number of benzene rings is 1. The van der Waals surface area contributed by atoms with E-state index in [4.69, 9.17) is 0 Å². The Kier molecular flexibility index (Phi) is 6.98. The van der Waals surface area contributed by atoms with Gasteiger partial charge in [-0.3, -0.25) is 4.79 Å². The summed E-state index contributed by atoms with van der Waals surface area (Å²) >= 11 is 0. The van der Waals surface area contributed by atoms with Crippen LogP contribution in [0.15, 0.2) is 30.7 Å². The zero-order valence-electron chi connectivity index (χ0n) is 14.6. The van der Waals surface area contributed by atoms with Gasteiger partial charge >= 0.3 is 0 Å². The van der Waals surface area contributed by atoms with Crippen molar-refractivity contribution in [3.05, 3.63) is 59.2 Å². The summed E-state index contributed by atoms with van der Waals surface area (Å²) in [4.78, 5) is 22.6. The quantitative estimate of drug-likeness (QED) is 0.721. The topological polar surface area (TPSA) is 46.1 Å². The van der Waals surface area contributed by atoms with E-state index >= 15 is 0 Å². The maximum Gasteiger partial charge on any atom is 0.257 e. The van der Waals surface area contributed by atoms with E-state index in [0.29, 0.717) is 6.54 Å². The van der Waals surface area contributed by atoms with Gasteiger partial charge in [0.15, 0.2) is 0 Å². The van der Waals surface area contributed by atoms with Crippen LogP contribution in [0, 0.1) is 11.6 Å². The van der Waals surface area contributed by atoms with Crippen LogP contribution in [-0.2, 0) is 13.0 Å². The Balaban J connectivity index is 2.30. The van der Waals surface area contributed by atoms with Gasteiger partial charge in [0.25, 0.3) is 5.91 Å². The molecule has 4 nitrogen and oxygen atoms in total. The van der Waals surface area contributed by atoms with Crippen molar-refractivity contribution in [2.24, 2.45) is 0 Å². The predicted octanol–water partition coefficient (Wildman–Crippen LogP) is 4.15. The molecule has 1 amide bonds. The molecule has 0 N–H and O–H groups in total. The van der Waals surface area contributed by atoms with Crippen LogP contribution in [0.25, 0.3) is 0 Å². The van der Waals surface area contributed by atoms with Gasteiger partial charge in [-0.05, 0) is 36.6 Å². The van der Waals surface area contributed by atoms with Crippen molar-refractivity contribution in [3.63, 3.8) is 0 Å². The van der Waals surface area contributed by atoms with Crippen LogP contribution in [0.4, 0.5) is 8.78 Å². The molecule has 0 aliphatic heterocycles. The predicted molar refractivity (Wildman–Crippen MR) is 92.0 cm³/mol. The highest BCUT2D eigenvalue weighted by Crippen LogP contribution is 2.17. The number of amides is 1. The molecule has 1 aromatic heterocycles. The normalized spacial score (nSPS) is 10.7. The molecule has 0 fully saturated rings. The van der Waals surface area contributed by atoms with E-state index < -0.39 is 17.5 Å². The number of hydrogen-bond acceptors (Lipinski definition) is 3. The number of halogens is 2. The minimum absolute atomic E-state index is 0.248. The van der Waals surface area contributed by atoms with Gasteiger partial charge in [0, 0.05) is 12.7 Å². The van der Waals surface area contributed by atoms with E-state index in [1.54, 1.807) is 6.20 Å². The Bertz CT molecular complexity index is 722. The molecule has 0 atom stereocenters. The smallest absolute Gasteiger partial charge is 0.257 e. The number of aromatic nitrogens is 2. The largest absolute Gasteiger partial charge is 0.333 e. The van der Waals surface area contributed by atoms with Crippen LogP contribution in [-0.4, -0.2) is 27.3 Å². The Morgan fingerprint density at radius 3 is 2.72 bits per heavy atom. The van der Waals surface area contributed by atoms with Crippen LogP contribution in [0.1, 0.15) is 54.7 Å². The highest BCUT2D eigenvalue weighted by Gasteiger charge is 2.21. The summed E-state index contributed by atoms with van der Waals surface area (Å²) in [5, 5.41) is 0. The van der Waals surface area contributed by atoms with E-state index in [9.17, 15) is 13.6 Å². The molecule has 6 heteroatoms. The van der Waals surface area contributed by atoms with Gasteiger partial charge in [-0.25, -0.2) is 18.7 Å². The molecule has 134 valence electrons. The second-order valence-corrected chi connectivity index (χ2v) is 5.95. The van der Waals surface area contributed by atoms with Crippen LogP contribution in [0.3, 0.4) is 0 Å². The van der Waals surface area contributed by atoms with Crippen LogP contribution in [0.5, 0.6) is 0 Å². The number of carbonyl (C=O) groups is 1. The van der Waals surface area contributed by atoms with Crippen LogP contribution in [0.2, 0.25) is 0 Å². The number of rotatable bonds is 8. The Morgan fingerprint density at radius 1 is 1.20 bits per heavy atom. The maximum atomic E-state index is 14.0. The Hall–Kier alpha value is -2.37. The fourth-order valence-electron chi connectivity index (χ4n) is 2.62. The lowest BCUT2D eigenvalue weighted by Crippen LogP contribution is -2.33. The third kappa shape index (κ3) is 5.05. The van der Waals surface area contributed by atoms with E-state index in [1.807, 2.05) is 6.92 Å². The Labute approximate surface area is 146 Å². The van der Waals surface area contributed by atoms with Gasteiger partial charge in [-0.15, -0.1) is 0 Å². The number of carbonyl (C=O) groups excluding carboxylic acids is 1. The summed E-state index contributed by atoms with van der Waals surface area (Å²) < 4.78 is 27.5. The first kappa shape index (κ1) is 19.0. The first-order chi connectivity index (χ1) is 12.1. The molecule has 25 heavy (non-hydrogen) atoms. The van der Waals surface area contributed by atoms with Gasteiger partial charge in [-0.2, -0.15) is 0 Å². The van der Waals surface area contributed by atoms with Crippen molar-refractivity contribution in [2.75, 3.05) is 6.54 Å². The molecule has 0 spiro atoms. The van der Waals surface area contributed by atoms with Gasteiger partial charge in [-0.1, -0.05) is 26.7 Å². The molecule has 0 saturated heterocycles. The molecule has 0 unspecified atom stereocenters. The average molecular weight is 347 g/mol. The molecule has 0 saturated carbocycles. The second kappa shape index (κ2) is 9.20. The molecule has 2 aromatic rings. The number of hydrogen-bond donors (Lipinski definition) is 0. The van der Waals surface area contributed by atoms with Crippen molar-refractivity contribution in [2.45, 2.75) is 46.1 Å². The zero-order chi connectivity index (χ0) is 18.2. The third-order valence-electron chi connectivity index (χ3n) is 3.97. The summed E-state index contributed by atoms with van der Waals surface area (Å²) in [5.41, 5.74) is 1.47. The third-order valence-corrected chi connectivity index (χ3v) is 3.97. The fourth-order valence-corrected chi connectivity index (χ4v) is 2.62. The fraction of sp³-hybridized carbons (Fsp3) is 0.421. The molecule has 1 aromatic carbocycles. The van der Waals surface area contributed by atoms with Crippen molar-refractivity contribution >= 4 is 5.91 Å². The molecule has 1 heterocycles. The highest BCUT2D eigenvalue weighted by molar-refractivity contribution is 5.94. The van der Waals surface area contributed by atoms with Crippen LogP contribution >= 0.6 is 0 Å². The first-order valence-electron chi connectivity index (χ1n) is 8.58. The summed E-state index contributed by atoms with van der Waals surface area (Å²) in [5.74, 6) is -1.87. The molecule has 0 radical (unpaired) electrons. The second-order valence-electron chi connectivity index (χ2n) is 5.95. The summed E-state index contributed by atoms with van der Waals surface area (Å²) in [6.45, 7) is 4.78. The van der Waals surface area contributed by atoms with Crippen molar-refractivity contribution in [1.82, 2.24) is 14.9 Å². The van der Waals surface area contributed by atoms with Crippen molar-refractivity contribution in [3.8, 4) is 0 Å². The lowest BCUT2D eigenvalue weighted by atomic mass is 10.1. The van der Waals surface area contributed by atoms with Gasteiger partial charge < -0.3 is 4.90 Å². The lowest BCUT2D eigenvalue weighted by molar-refractivity contribution is 0.0733. The molecule has 2 rings (SSSR count). The average Bonchev–Trinajstić information content (AvgIpc) is 2.61. The molecule has 0 aliphatic carbocycles. The molecular weight excluding hydrogens is 324 g/mol. The number of unbranched alkanes of at least 4 members (excludes halogenated alkanes) is 1. The first-order valence-corrected chi connectivity index (χ1v) is 8.58. The van der Waals surface area contributed by atoms with Gasteiger partial charge in [0.1, 0.15) is 18.0 Å². The molecule has 0 aliphatic rings. The number of aryl methyl sites for hydroxylation is 1. The lowest BCUT2D eigenvalue weighted by Gasteiger charge is -2.23. The summed E-state index contributed by atoms with van der Waals surface area (Å²) in [6.07, 6.45) is 6.59. The van der Waals surface area contributed by atoms with Gasteiger partial charge in [0.2, 0.25) is 0 Å². The minimum Gasteiger partial charge on any atom is -0.333 e. The maximum absolute atomic E-state index is 14.0. The monoisotopic (exact) mass is 347 g/mol. The summed E-state index contributed by atoms with van der Waals surface area (Å²) in [6, 6.07) is 2.93. The molecule has 0 bridgehead atoms. The summed E-state index contributed by atoms with van der Waals surface area (Å²) in [7, 11) is 0. The highest BCUT2D eigenvalue weighted by atomic mass is 19.1. The van der Waals surface area contributed by atoms with E-state index in [1.165, 1.54) is 11.2 Å². The van der Waals surface area contributed by atoms with Gasteiger partial charge in [0.05, 0.1) is 17.8 Å². The van der Waals surface area contributed by atoms with E-state index in [2.05, 4.69) is 16.9 Å². The van der Waals surface area contributed by atoms with Crippen LogP contribution < -0.4 is 0 Å². The minimum atomic E-state index is -0.718. The standard InChI is InChI=1S/C19H23F2N3O/c1-3-5-9-24(12-18-14(6-4-2)11-22-13-23-18)19(25)16-10-15(20)7-8-17(16)21/h7-8,10-11,13H,3-6,9,12H2,1-2H3. The molecular formula is C19H23F2N3O. The van der Waals surface area contributed by atoms with Crippen molar-refractivity contribution < 1.29 is 13.6 Å². The SMILES string of the molecule is CCCCN(Cc1ncncc1CCC)C(=O)c1cc(F)ccc1F. The van der Waals surface area contributed by atoms with Crippen molar-refractivity contribution in [1.29, 1.82) is 0 Å². The number of nitrogens with zero attached hydrogens (tertiary/aromatic N) is 3. The zero-order valence-corrected chi connectivity index (χ0v) is 14.6. The Morgan fingerprint density at radius 2 is 2.00 bits per heavy atom.